The summed E-state index contributed by atoms with van der Waals surface area (Å²) >= 11 is 6.16. The molecule has 0 aliphatic rings. The van der Waals surface area contributed by atoms with Crippen molar-refractivity contribution < 1.29 is 4.74 Å². The lowest BCUT2D eigenvalue weighted by atomic mass is 10.1. The highest BCUT2D eigenvalue weighted by Crippen LogP contribution is 2.31. The number of aromatic nitrogens is 1. The largest absolute Gasteiger partial charge is 0.497 e. The summed E-state index contributed by atoms with van der Waals surface area (Å²) in [6, 6.07) is 9.48. The summed E-state index contributed by atoms with van der Waals surface area (Å²) in [5.41, 5.74) is 2.89. The Morgan fingerprint density at radius 3 is 2.75 bits per heavy atom. The first-order chi connectivity index (χ1) is 7.72. The molecule has 0 amide bonds. The van der Waals surface area contributed by atoms with E-state index in [-0.39, 0.29) is 0 Å². The highest BCUT2D eigenvalue weighted by Gasteiger charge is 2.08. The summed E-state index contributed by atoms with van der Waals surface area (Å²) in [6.45, 7) is 2.01. The van der Waals surface area contributed by atoms with Crippen molar-refractivity contribution >= 4 is 11.6 Å². The Labute approximate surface area is 99.9 Å². The second kappa shape index (κ2) is 4.54. The molecule has 1 aromatic carbocycles. The van der Waals surface area contributed by atoms with Gasteiger partial charge in [-0.05, 0) is 36.8 Å². The van der Waals surface area contributed by atoms with Gasteiger partial charge in [-0.25, -0.2) is 0 Å². The van der Waals surface area contributed by atoms with E-state index >= 15 is 0 Å². The van der Waals surface area contributed by atoms with Crippen LogP contribution in [-0.2, 0) is 0 Å². The number of methoxy groups -OCH3 is 1. The topological polar surface area (TPSA) is 22.1 Å². The monoisotopic (exact) mass is 233 g/mol. The number of nitrogens with zero attached hydrogens (tertiary/aromatic N) is 1. The van der Waals surface area contributed by atoms with Gasteiger partial charge in [0, 0.05) is 11.8 Å². The zero-order valence-corrected chi connectivity index (χ0v) is 9.95. The van der Waals surface area contributed by atoms with Crippen LogP contribution in [0, 0.1) is 6.92 Å². The zero-order valence-electron chi connectivity index (χ0n) is 9.20. The van der Waals surface area contributed by atoms with E-state index in [0.717, 1.165) is 22.6 Å². The second-order valence-corrected chi connectivity index (χ2v) is 3.92. The number of halogens is 1. The number of benzene rings is 1. The van der Waals surface area contributed by atoms with Gasteiger partial charge in [0.2, 0.25) is 0 Å². The second-order valence-electron chi connectivity index (χ2n) is 3.51. The summed E-state index contributed by atoms with van der Waals surface area (Å²) in [5.74, 6) is 0.782. The van der Waals surface area contributed by atoms with Crippen molar-refractivity contribution in [3.63, 3.8) is 0 Å². The van der Waals surface area contributed by atoms with Crippen LogP contribution in [-0.4, -0.2) is 12.1 Å². The molecule has 1 aromatic heterocycles. The number of hydrogen-bond donors (Lipinski definition) is 0. The summed E-state index contributed by atoms with van der Waals surface area (Å²) in [6.07, 6.45) is 1.76. The van der Waals surface area contributed by atoms with E-state index in [1.165, 1.54) is 0 Å². The Kier molecular flexibility index (Phi) is 3.11. The minimum atomic E-state index is 0.683. The summed E-state index contributed by atoms with van der Waals surface area (Å²) in [7, 11) is 1.64. The molecule has 0 fully saturated rings. The van der Waals surface area contributed by atoms with Crippen LogP contribution in [0.15, 0.2) is 36.5 Å². The van der Waals surface area contributed by atoms with Crippen LogP contribution in [0.25, 0.3) is 11.3 Å². The van der Waals surface area contributed by atoms with Crippen LogP contribution in [0.2, 0.25) is 5.02 Å². The first-order valence-electron chi connectivity index (χ1n) is 4.98. The van der Waals surface area contributed by atoms with Crippen LogP contribution in [0.4, 0.5) is 0 Å². The van der Waals surface area contributed by atoms with Gasteiger partial charge in [-0.15, -0.1) is 0 Å². The Morgan fingerprint density at radius 1 is 1.25 bits per heavy atom. The van der Waals surface area contributed by atoms with Crippen LogP contribution in [0.3, 0.4) is 0 Å². The molecule has 1 heterocycles. The SMILES string of the molecule is COc1ccc(Cl)c(-c2ncccc2C)c1. The average Bonchev–Trinajstić information content (AvgIpc) is 2.31. The van der Waals surface area contributed by atoms with Crippen molar-refractivity contribution in [3.8, 4) is 17.0 Å². The molecule has 0 aliphatic carbocycles. The minimum absolute atomic E-state index is 0.683. The van der Waals surface area contributed by atoms with E-state index in [4.69, 9.17) is 16.3 Å². The van der Waals surface area contributed by atoms with Crippen LogP contribution in [0.5, 0.6) is 5.75 Å². The van der Waals surface area contributed by atoms with Crippen molar-refractivity contribution in [1.29, 1.82) is 0 Å². The number of pyridine rings is 1. The third-order valence-corrected chi connectivity index (χ3v) is 2.77. The minimum Gasteiger partial charge on any atom is -0.497 e. The quantitative estimate of drug-likeness (QED) is 0.789. The summed E-state index contributed by atoms with van der Waals surface area (Å²) < 4.78 is 5.18. The fourth-order valence-electron chi connectivity index (χ4n) is 1.58. The summed E-state index contributed by atoms with van der Waals surface area (Å²) in [5, 5.41) is 0.683. The zero-order chi connectivity index (χ0) is 11.5. The first kappa shape index (κ1) is 11.0. The van der Waals surface area contributed by atoms with Crippen LogP contribution >= 0.6 is 11.6 Å². The van der Waals surface area contributed by atoms with Crippen LogP contribution < -0.4 is 4.74 Å². The lowest BCUT2D eigenvalue weighted by Crippen LogP contribution is -1.90. The van der Waals surface area contributed by atoms with E-state index in [0.29, 0.717) is 5.02 Å². The lowest BCUT2D eigenvalue weighted by molar-refractivity contribution is 0.415. The normalized spacial score (nSPS) is 10.2. The van der Waals surface area contributed by atoms with E-state index in [1.807, 2.05) is 37.3 Å². The predicted molar refractivity (Wildman–Crippen MR) is 66.0 cm³/mol. The van der Waals surface area contributed by atoms with Crippen molar-refractivity contribution in [2.24, 2.45) is 0 Å². The number of hydrogen-bond acceptors (Lipinski definition) is 2. The van der Waals surface area contributed by atoms with Crippen molar-refractivity contribution in [2.45, 2.75) is 6.92 Å². The highest BCUT2D eigenvalue weighted by atomic mass is 35.5. The molecule has 0 atom stereocenters. The Balaban J connectivity index is 2.59. The molecule has 2 aromatic rings. The molecule has 2 rings (SSSR count). The van der Waals surface area contributed by atoms with Crippen molar-refractivity contribution in [3.05, 3.63) is 47.1 Å². The van der Waals surface area contributed by atoms with E-state index in [2.05, 4.69) is 4.98 Å². The molecule has 0 bridgehead atoms. The third kappa shape index (κ3) is 2.02. The molecule has 2 nitrogen and oxygen atoms in total. The smallest absolute Gasteiger partial charge is 0.119 e. The maximum absolute atomic E-state index is 6.16. The predicted octanol–water partition coefficient (Wildman–Crippen LogP) is 3.72. The third-order valence-electron chi connectivity index (χ3n) is 2.44. The van der Waals surface area contributed by atoms with Gasteiger partial charge in [-0.2, -0.15) is 0 Å². The van der Waals surface area contributed by atoms with E-state index in [1.54, 1.807) is 13.3 Å². The molecule has 82 valence electrons. The molecule has 0 saturated carbocycles. The first-order valence-corrected chi connectivity index (χ1v) is 5.35. The number of ether oxygens (including phenoxy) is 1. The lowest BCUT2D eigenvalue weighted by Gasteiger charge is -2.08. The molecule has 0 spiro atoms. The molecule has 0 radical (unpaired) electrons. The molecule has 0 unspecified atom stereocenters. The van der Waals surface area contributed by atoms with E-state index in [9.17, 15) is 0 Å². The Morgan fingerprint density at radius 2 is 2.06 bits per heavy atom. The van der Waals surface area contributed by atoms with Gasteiger partial charge in [0.25, 0.3) is 0 Å². The molecule has 0 N–H and O–H groups in total. The maximum Gasteiger partial charge on any atom is 0.119 e. The van der Waals surface area contributed by atoms with Gasteiger partial charge < -0.3 is 4.74 Å². The molecule has 0 saturated heterocycles. The molecular formula is C13H12ClNO. The van der Waals surface area contributed by atoms with Gasteiger partial charge in [0.1, 0.15) is 5.75 Å². The molecule has 0 aliphatic heterocycles. The fraction of sp³-hybridized carbons (Fsp3) is 0.154. The molecule has 16 heavy (non-hydrogen) atoms. The van der Waals surface area contributed by atoms with E-state index < -0.39 is 0 Å². The van der Waals surface area contributed by atoms with Gasteiger partial charge in [0.15, 0.2) is 0 Å². The maximum atomic E-state index is 6.16. The molecule has 3 heteroatoms. The Bertz CT molecular complexity index is 511. The highest BCUT2D eigenvalue weighted by molar-refractivity contribution is 6.33. The fourth-order valence-corrected chi connectivity index (χ4v) is 1.79. The number of aryl methyl sites for hydroxylation is 1. The average molecular weight is 234 g/mol. The van der Waals surface area contributed by atoms with Crippen molar-refractivity contribution in [2.75, 3.05) is 7.11 Å². The van der Waals surface area contributed by atoms with Gasteiger partial charge >= 0.3 is 0 Å². The van der Waals surface area contributed by atoms with Crippen molar-refractivity contribution in [1.82, 2.24) is 4.98 Å². The van der Waals surface area contributed by atoms with Gasteiger partial charge in [0.05, 0.1) is 17.8 Å². The van der Waals surface area contributed by atoms with Crippen LogP contribution in [0.1, 0.15) is 5.56 Å². The number of rotatable bonds is 2. The standard InChI is InChI=1S/C13H12ClNO/c1-9-4-3-7-15-13(9)11-8-10(16-2)5-6-12(11)14/h3-8H,1-2H3. The molecular weight excluding hydrogens is 222 g/mol. The Hall–Kier alpha value is -1.54. The van der Waals surface area contributed by atoms with Gasteiger partial charge in [-0.3, -0.25) is 4.98 Å². The summed E-state index contributed by atoms with van der Waals surface area (Å²) in [4.78, 5) is 4.34. The van der Waals surface area contributed by atoms with Gasteiger partial charge in [-0.1, -0.05) is 17.7 Å².